The summed E-state index contributed by atoms with van der Waals surface area (Å²) in [6.45, 7) is 3.76. The van der Waals surface area contributed by atoms with Gasteiger partial charge < -0.3 is 21.9 Å². The van der Waals surface area contributed by atoms with E-state index in [0.29, 0.717) is 6.42 Å². The molecule has 2 atom stereocenters. The maximum absolute atomic E-state index is 11.3. The van der Waals surface area contributed by atoms with Gasteiger partial charge in [-0.1, -0.05) is 13.8 Å². The van der Waals surface area contributed by atoms with Crippen LogP contribution in [0.2, 0.25) is 0 Å². The Morgan fingerprint density at radius 3 is 2.27 bits per heavy atom. The first-order chi connectivity index (χ1) is 6.88. The Labute approximate surface area is 89.0 Å². The van der Waals surface area contributed by atoms with Crippen LogP contribution in [0.4, 0.5) is 0 Å². The van der Waals surface area contributed by atoms with Crippen LogP contribution in [0.25, 0.3) is 0 Å². The van der Waals surface area contributed by atoms with E-state index in [4.69, 9.17) is 16.6 Å². The zero-order chi connectivity index (χ0) is 12.0. The lowest BCUT2D eigenvalue weighted by Crippen LogP contribution is -2.51. The standard InChI is InChI=1S/C9H19N3O3/c1-5(2)3-7(9(14)15)12-8(13)6(11)4-10/h5-7H,3-4,10-11H2,1-2H3,(H,12,13)(H,14,15)/t6?,7-/m1/s1. The van der Waals surface area contributed by atoms with Crippen LogP contribution in [-0.2, 0) is 9.59 Å². The second kappa shape index (κ2) is 6.36. The van der Waals surface area contributed by atoms with Gasteiger partial charge >= 0.3 is 5.97 Å². The van der Waals surface area contributed by atoms with Crippen LogP contribution in [0.1, 0.15) is 20.3 Å². The molecule has 0 rings (SSSR count). The highest BCUT2D eigenvalue weighted by atomic mass is 16.4. The van der Waals surface area contributed by atoms with Gasteiger partial charge in [0.05, 0.1) is 6.04 Å². The van der Waals surface area contributed by atoms with E-state index in [0.717, 1.165) is 0 Å². The number of carboxylic acids is 1. The van der Waals surface area contributed by atoms with Crippen molar-refractivity contribution in [1.82, 2.24) is 5.32 Å². The average molecular weight is 217 g/mol. The van der Waals surface area contributed by atoms with E-state index < -0.39 is 24.0 Å². The predicted molar refractivity (Wildman–Crippen MR) is 56.1 cm³/mol. The van der Waals surface area contributed by atoms with Crippen molar-refractivity contribution in [3.63, 3.8) is 0 Å². The number of carbonyl (C=O) groups excluding carboxylic acids is 1. The van der Waals surface area contributed by atoms with Gasteiger partial charge in [-0.3, -0.25) is 4.79 Å². The second-order valence-corrected chi connectivity index (χ2v) is 3.87. The second-order valence-electron chi connectivity index (χ2n) is 3.87. The third-order valence-electron chi connectivity index (χ3n) is 1.91. The first-order valence-corrected chi connectivity index (χ1v) is 4.87. The largest absolute Gasteiger partial charge is 0.480 e. The summed E-state index contributed by atoms with van der Waals surface area (Å²) in [7, 11) is 0. The van der Waals surface area contributed by atoms with Gasteiger partial charge in [0.1, 0.15) is 6.04 Å². The highest BCUT2D eigenvalue weighted by Crippen LogP contribution is 2.04. The Hall–Kier alpha value is -1.14. The van der Waals surface area contributed by atoms with Crippen molar-refractivity contribution in [1.29, 1.82) is 0 Å². The fourth-order valence-corrected chi connectivity index (χ4v) is 1.08. The molecule has 0 aromatic heterocycles. The van der Waals surface area contributed by atoms with Gasteiger partial charge in [0, 0.05) is 6.54 Å². The summed E-state index contributed by atoms with van der Waals surface area (Å²) in [6, 6.07) is -1.74. The van der Waals surface area contributed by atoms with Gasteiger partial charge in [-0.05, 0) is 12.3 Å². The Kier molecular flexibility index (Phi) is 5.88. The van der Waals surface area contributed by atoms with Gasteiger partial charge in [-0.25, -0.2) is 4.79 Å². The summed E-state index contributed by atoms with van der Waals surface area (Å²) < 4.78 is 0. The Balaban J connectivity index is 4.29. The normalized spacial score (nSPS) is 14.7. The molecular formula is C9H19N3O3. The van der Waals surface area contributed by atoms with E-state index in [1.807, 2.05) is 13.8 Å². The summed E-state index contributed by atoms with van der Waals surface area (Å²) in [5, 5.41) is 11.2. The van der Waals surface area contributed by atoms with E-state index in [-0.39, 0.29) is 12.5 Å². The molecule has 0 saturated carbocycles. The molecule has 6 nitrogen and oxygen atoms in total. The highest BCUT2D eigenvalue weighted by Gasteiger charge is 2.23. The number of aliphatic carboxylic acids is 1. The molecule has 0 spiro atoms. The molecule has 0 bridgehead atoms. The van der Waals surface area contributed by atoms with E-state index in [1.165, 1.54) is 0 Å². The SMILES string of the molecule is CC(C)C[C@@H](NC(=O)C(N)CN)C(=O)O. The van der Waals surface area contributed by atoms with E-state index in [9.17, 15) is 9.59 Å². The monoisotopic (exact) mass is 217 g/mol. The first-order valence-electron chi connectivity index (χ1n) is 4.87. The lowest BCUT2D eigenvalue weighted by atomic mass is 10.0. The molecule has 0 radical (unpaired) electrons. The van der Waals surface area contributed by atoms with Crippen LogP contribution < -0.4 is 16.8 Å². The predicted octanol–water partition coefficient (Wildman–Crippen LogP) is -1.11. The molecule has 1 amide bonds. The smallest absolute Gasteiger partial charge is 0.326 e. The number of rotatable bonds is 6. The van der Waals surface area contributed by atoms with Crippen LogP contribution in [-0.4, -0.2) is 35.6 Å². The van der Waals surface area contributed by atoms with Crippen molar-refractivity contribution in [2.75, 3.05) is 6.54 Å². The van der Waals surface area contributed by atoms with Crippen molar-refractivity contribution in [3.8, 4) is 0 Å². The number of nitrogens with two attached hydrogens (primary N) is 2. The van der Waals surface area contributed by atoms with E-state index >= 15 is 0 Å². The summed E-state index contributed by atoms with van der Waals surface area (Å²) in [5.74, 6) is -1.40. The average Bonchev–Trinajstić information content (AvgIpc) is 2.14. The van der Waals surface area contributed by atoms with Crippen molar-refractivity contribution >= 4 is 11.9 Å². The summed E-state index contributed by atoms with van der Waals surface area (Å²) in [4.78, 5) is 22.1. The van der Waals surface area contributed by atoms with Gasteiger partial charge in [0.2, 0.25) is 5.91 Å². The Morgan fingerprint density at radius 2 is 1.93 bits per heavy atom. The molecule has 15 heavy (non-hydrogen) atoms. The first kappa shape index (κ1) is 13.9. The number of hydrogen-bond acceptors (Lipinski definition) is 4. The molecule has 0 aromatic carbocycles. The molecular weight excluding hydrogens is 198 g/mol. The number of nitrogens with one attached hydrogen (secondary N) is 1. The van der Waals surface area contributed by atoms with Crippen LogP contribution >= 0.6 is 0 Å². The third-order valence-corrected chi connectivity index (χ3v) is 1.91. The fraction of sp³-hybridized carbons (Fsp3) is 0.778. The molecule has 0 aliphatic carbocycles. The van der Waals surface area contributed by atoms with Gasteiger partial charge in [0.25, 0.3) is 0 Å². The molecule has 0 aliphatic rings. The minimum Gasteiger partial charge on any atom is -0.480 e. The molecule has 88 valence electrons. The highest BCUT2D eigenvalue weighted by molar-refractivity contribution is 5.86. The Morgan fingerprint density at radius 1 is 1.40 bits per heavy atom. The van der Waals surface area contributed by atoms with Crippen molar-refractivity contribution in [2.45, 2.75) is 32.4 Å². The molecule has 6 N–H and O–H groups in total. The van der Waals surface area contributed by atoms with Gasteiger partial charge in [-0.15, -0.1) is 0 Å². The van der Waals surface area contributed by atoms with Crippen LogP contribution in [0, 0.1) is 5.92 Å². The van der Waals surface area contributed by atoms with Gasteiger partial charge in [-0.2, -0.15) is 0 Å². The molecule has 0 heterocycles. The lowest BCUT2D eigenvalue weighted by molar-refractivity contribution is -0.142. The number of carboxylic acid groups (broad SMARTS) is 1. The summed E-state index contributed by atoms with van der Waals surface area (Å²) in [6.07, 6.45) is 0.373. The minimum absolute atomic E-state index is 0.000148. The molecule has 0 fully saturated rings. The molecule has 0 saturated heterocycles. The lowest BCUT2D eigenvalue weighted by Gasteiger charge is -2.18. The summed E-state index contributed by atoms with van der Waals surface area (Å²) in [5.41, 5.74) is 10.6. The zero-order valence-corrected chi connectivity index (χ0v) is 9.06. The number of hydrogen-bond donors (Lipinski definition) is 4. The quantitative estimate of drug-likeness (QED) is 0.450. The molecule has 0 aromatic rings. The van der Waals surface area contributed by atoms with Crippen molar-refractivity contribution in [2.24, 2.45) is 17.4 Å². The molecule has 6 heteroatoms. The number of carbonyl (C=O) groups is 2. The van der Waals surface area contributed by atoms with Crippen LogP contribution in [0.5, 0.6) is 0 Å². The van der Waals surface area contributed by atoms with Crippen molar-refractivity contribution in [3.05, 3.63) is 0 Å². The minimum atomic E-state index is -1.05. The third kappa shape index (κ3) is 5.34. The maximum atomic E-state index is 11.3. The van der Waals surface area contributed by atoms with Gasteiger partial charge in [0.15, 0.2) is 0 Å². The van der Waals surface area contributed by atoms with E-state index in [2.05, 4.69) is 5.32 Å². The van der Waals surface area contributed by atoms with Crippen molar-refractivity contribution < 1.29 is 14.7 Å². The summed E-state index contributed by atoms with van der Waals surface area (Å²) >= 11 is 0. The molecule has 0 aliphatic heterocycles. The zero-order valence-electron chi connectivity index (χ0n) is 9.06. The van der Waals surface area contributed by atoms with Crippen LogP contribution in [0.3, 0.4) is 0 Å². The fourth-order valence-electron chi connectivity index (χ4n) is 1.08. The Bertz CT molecular complexity index is 231. The maximum Gasteiger partial charge on any atom is 0.326 e. The van der Waals surface area contributed by atoms with E-state index in [1.54, 1.807) is 0 Å². The molecule has 1 unspecified atom stereocenters. The number of amides is 1. The topological polar surface area (TPSA) is 118 Å². The van der Waals surface area contributed by atoms with Crippen LogP contribution in [0.15, 0.2) is 0 Å².